The van der Waals surface area contributed by atoms with E-state index >= 15 is 0 Å². The van der Waals surface area contributed by atoms with Crippen molar-refractivity contribution < 1.29 is 33.0 Å². The highest BCUT2D eigenvalue weighted by atomic mass is 31.2. The standard InChI is InChI=1S/C22H48O7P2/c1-3-5-7-9-11-13-15-17-21-30(23,24)28-20-19-27-29-31(25,26)22-18-16-14-12-10-8-6-4-2/h3-22H2,1-2H3,(H,23,24)(H,25,26). The molecule has 2 N–H and O–H groups in total. The van der Waals surface area contributed by atoms with Crippen LogP contribution >= 0.6 is 15.2 Å². The van der Waals surface area contributed by atoms with Gasteiger partial charge in [0.1, 0.15) is 6.61 Å². The molecule has 0 spiro atoms. The normalized spacial score (nSPS) is 15.6. The number of unbranched alkanes of at least 4 members (excludes halogenated alkanes) is 14. The second-order valence-corrected chi connectivity index (χ2v) is 12.3. The fourth-order valence-electron chi connectivity index (χ4n) is 3.33. The van der Waals surface area contributed by atoms with Crippen LogP contribution in [-0.2, 0) is 23.2 Å². The number of hydrogen-bond acceptors (Lipinski definition) is 5. The Morgan fingerprint density at radius 3 is 1.39 bits per heavy atom. The van der Waals surface area contributed by atoms with E-state index in [0.29, 0.717) is 12.8 Å². The molecule has 0 aliphatic heterocycles. The average Bonchev–Trinajstić information content (AvgIpc) is 2.71. The van der Waals surface area contributed by atoms with Gasteiger partial charge in [0.25, 0.3) is 0 Å². The van der Waals surface area contributed by atoms with Crippen molar-refractivity contribution >= 4 is 15.2 Å². The van der Waals surface area contributed by atoms with Crippen LogP contribution in [0.25, 0.3) is 0 Å². The monoisotopic (exact) mass is 486 g/mol. The molecule has 0 aromatic heterocycles. The molecule has 0 aromatic carbocycles. The van der Waals surface area contributed by atoms with Crippen molar-refractivity contribution in [3.05, 3.63) is 0 Å². The van der Waals surface area contributed by atoms with Crippen molar-refractivity contribution in [1.29, 1.82) is 0 Å². The van der Waals surface area contributed by atoms with Crippen LogP contribution in [0.4, 0.5) is 0 Å². The van der Waals surface area contributed by atoms with E-state index in [1.165, 1.54) is 57.8 Å². The Kier molecular flexibility index (Phi) is 21.0. The predicted molar refractivity (Wildman–Crippen MR) is 128 cm³/mol. The Morgan fingerprint density at radius 2 is 0.935 bits per heavy atom. The van der Waals surface area contributed by atoms with E-state index in [4.69, 9.17) is 9.41 Å². The quantitative estimate of drug-likeness (QED) is 0.0626. The van der Waals surface area contributed by atoms with Gasteiger partial charge in [-0.3, -0.25) is 9.13 Å². The molecule has 0 aromatic rings. The van der Waals surface area contributed by atoms with Gasteiger partial charge in [-0.25, -0.2) is 4.89 Å². The third kappa shape index (κ3) is 23.2. The van der Waals surface area contributed by atoms with Crippen molar-refractivity contribution in [2.45, 2.75) is 117 Å². The second-order valence-electron chi connectivity index (χ2n) is 8.40. The van der Waals surface area contributed by atoms with Gasteiger partial charge in [0.2, 0.25) is 0 Å². The molecule has 7 nitrogen and oxygen atoms in total. The molecule has 2 atom stereocenters. The van der Waals surface area contributed by atoms with E-state index in [-0.39, 0.29) is 25.5 Å². The Labute approximate surface area is 190 Å². The molecular weight excluding hydrogens is 438 g/mol. The minimum Gasteiger partial charge on any atom is -0.324 e. The lowest BCUT2D eigenvalue weighted by Crippen LogP contribution is -2.05. The summed E-state index contributed by atoms with van der Waals surface area (Å²) >= 11 is 0. The zero-order valence-electron chi connectivity index (χ0n) is 20.0. The fraction of sp³-hybridized carbons (Fsp3) is 1.00. The minimum atomic E-state index is -3.78. The van der Waals surface area contributed by atoms with Gasteiger partial charge in [-0.2, -0.15) is 0 Å². The summed E-state index contributed by atoms with van der Waals surface area (Å²) in [4.78, 5) is 24.3. The molecule has 0 aliphatic rings. The summed E-state index contributed by atoms with van der Waals surface area (Å²) in [6, 6.07) is 0. The highest BCUT2D eigenvalue weighted by Crippen LogP contribution is 2.44. The Bertz CT molecular complexity index is 446. The molecule has 0 rings (SSSR count). The van der Waals surface area contributed by atoms with Gasteiger partial charge in [-0.05, 0) is 12.8 Å². The van der Waals surface area contributed by atoms with Crippen molar-refractivity contribution in [3.8, 4) is 0 Å². The van der Waals surface area contributed by atoms with Gasteiger partial charge in [0, 0.05) is 6.16 Å². The van der Waals surface area contributed by atoms with Crippen LogP contribution in [0.3, 0.4) is 0 Å². The summed E-state index contributed by atoms with van der Waals surface area (Å²) in [7, 11) is -7.43. The Hall–Kier alpha value is 0.260. The van der Waals surface area contributed by atoms with E-state index in [1.807, 2.05) is 0 Å². The first-order valence-electron chi connectivity index (χ1n) is 12.4. The molecule has 0 fully saturated rings. The van der Waals surface area contributed by atoms with Gasteiger partial charge >= 0.3 is 15.2 Å². The van der Waals surface area contributed by atoms with Gasteiger partial charge in [0.05, 0.1) is 12.8 Å². The van der Waals surface area contributed by atoms with Crippen molar-refractivity contribution in [2.24, 2.45) is 0 Å². The molecule has 0 saturated heterocycles. The van der Waals surface area contributed by atoms with E-state index in [1.54, 1.807) is 0 Å². The third-order valence-electron chi connectivity index (χ3n) is 5.22. The Morgan fingerprint density at radius 1 is 0.548 bits per heavy atom. The van der Waals surface area contributed by atoms with E-state index < -0.39 is 15.2 Å². The summed E-state index contributed by atoms with van der Waals surface area (Å²) in [5, 5.41) is 0. The Balaban J connectivity index is 3.61. The first-order valence-corrected chi connectivity index (χ1v) is 15.9. The molecule has 0 saturated carbocycles. The summed E-state index contributed by atoms with van der Waals surface area (Å²) in [5.41, 5.74) is 0. The summed E-state index contributed by atoms with van der Waals surface area (Å²) in [6.07, 6.45) is 17.7. The molecule has 0 radical (unpaired) electrons. The highest BCUT2D eigenvalue weighted by molar-refractivity contribution is 7.53. The molecule has 188 valence electrons. The lowest BCUT2D eigenvalue weighted by atomic mass is 10.1. The largest absolute Gasteiger partial charge is 0.355 e. The number of hydrogen-bond donors (Lipinski definition) is 2. The maximum absolute atomic E-state index is 12.0. The molecule has 31 heavy (non-hydrogen) atoms. The van der Waals surface area contributed by atoms with Crippen LogP contribution in [0.2, 0.25) is 0 Å². The first-order chi connectivity index (χ1) is 14.8. The summed E-state index contributed by atoms with van der Waals surface area (Å²) in [6.45, 7) is 4.07. The van der Waals surface area contributed by atoms with Crippen molar-refractivity contribution in [2.75, 3.05) is 25.5 Å². The van der Waals surface area contributed by atoms with Crippen LogP contribution in [0.15, 0.2) is 0 Å². The fourth-order valence-corrected chi connectivity index (χ4v) is 5.38. The van der Waals surface area contributed by atoms with Crippen molar-refractivity contribution in [3.63, 3.8) is 0 Å². The molecule has 0 amide bonds. The van der Waals surface area contributed by atoms with Crippen LogP contribution in [0, 0.1) is 0 Å². The third-order valence-corrected chi connectivity index (χ3v) is 7.90. The number of rotatable bonds is 24. The maximum atomic E-state index is 12.0. The van der Waals surface area contributed by atoms with E-state index in [9.17, 15) is 18.9 Å². The highest BCUT2D eigenvalue weighted by Gasteiger charge is 2.21. The van der Waals surface area contributed by atoms with E-state index in [2.05, 4.69) is 18.5 Å². The predicted octanol–water partition coefficient (Wildman–Crippen LogP) is 7.60. The molecule has 0 heterocycles. The lowest BCUT2D eigenvalue weighted by molar-refractivity contribution is -0.217. The summed E-state index contributed by atoms with van der Waals surface area (Å²) < 4.78 is 33.5. The molecular formula is C22H48O7P2. The molecule has 2 unspecified atom stereocenters. The zero-order chi connectivity index (χ0) is 23.3. The SMILES string of the molecule is CCCCCCCCCCP(=O)(O)OCCOOP(=O)(O)CCCCCCCCCC. The molecule has 0 aliphatic carbocycles. The maximum Gasteiger partial charge on any atom is 0.355 e. The second kappa shape index (κ2) is 20.8. The van der Waals surface area contributed by atoms with Gasteiger partial charge < -0.3 is 14.3 Å². The van der Waals surface area contributed by atoms with Gasteiger partial charge in [-0.1, -0.05) is 104 Å². The van der Waals surface area contributed by atoms with Gasteiger partial charge in [-0.15, -0.1) is 4.67 Å². The van der Waals surface area contributed by atoms with E-state index in [0.717, 1.165) is 32.1 Å². The average molecular weight is 487 g/mol. The van der Waals surface area contributed by atoms with Crippen LogP contribution < -0.4 is 0 Å². The molecule has 9 heteroatoms. The topological polar surface area (TPSA) is 102 Å². The summed E-state index contributed by atoms with van der Waals surface area (Å²) in [5.74, 6) is 0. The first kappa shape index (κ1) is 31.3. The van der Waals surface area contributed by atoms with Crippen LogP contribution in [0.1, 0.15) is 117 Å². The zero-order valence-corrected chi connectivity index (χ0v) is 21.8. The smallest absolute Gasteiger partial charge is 0.324 e. The van der Waals surface area contributed by atoms with Crippen molar-refractivity contribution in [1.82, 2.24) is 0 Å². The molecule has 0 bridgehead atoms. The lowest BCUT2D eigenvalue weighted by Gasteiger charge is -2.13. The minimum absolute atomic E-state index is 0.0553. The van der Waals surface area contributed by atoms with Crippen LogP contribution in [-0.4, -0.2) is 35.3 Å². The van der Waals surface area contributed by atoms with Crippen LogP contribution in [0.5, 0.6) is 0 Å². The van der Waals surface area contributed by atoms with Gasteiger partial charge in [0.15, 0.2) is 0 Å².